The highest BCUT2D eigenvalue weighted by Crippen LogP contribution is 2.29. The molecule has 2 aliphatic rings. The zero-order valence-electron chi connectivity index (χ0n) is 13.6. The van der Waals surface area contributed by atoms with E-state index in [9.17, 15) is 4.79 Å². The molecule has 4 heterocycles. The molecule has 0 spiro atoms. The number of pyridine rings is 1. The number of rotatable bonds is 3. The SMILES string of the molecule is O=C(C=Cc1ccncc1)N1CCC(c2nnc3n2CCC3)CC1. The molecule has 2 aromatic heterocycles. The Morgan fingerprint density at radius 2 is 1.92 bits per heavy atom. The van der Waals surface area contributed by atoms with E-state index >= 15 is 0 Å². The van der Waals surface area contributed by atoms with E-state index in [1.54, 1.807) is 18.5 Å². The van der Waals surface area contributed by atoms with Crippen molar-refractivity contribution in [3.63, 3.8) is 0 Å². The highest BCUT2D eigenvalue weighted by Gasteiger charge is 2.28. The standard InChI is InChI=1S/C18H21N5O/c24-17(4-3-14-5-9-19-10-6-14)22-12-7-15(8-13-22)18-21-20-16-2-1-11-23(16)18/h3-6,9-10,15H,1-2,7-8,11-13H2. The maximum absolute atomic E-state index is 12.3. The zero-order chi connectivity index (χ0) is 16.4. The van der Waals surface area contributed by atoms with Crippen molar-refractivity contribution < 1.29 is 4.79 Å². The predicted molar refractivity (Wildman–Crippen MR) is 90.2 cm³/mol. The van der Waals surface area contributed by atoms with Gasteiger partial charge in [-0.25, -0.2) is 0 Å². The van der Waals surface area contributed by atoms with E-state index in [1.807, 2.05) is 23.1 Å². The molecule has 6 heteroatoms. The van der Waals surface area contributed by atoms with Gasteiger partial charge in [0.2, 0.25) is 5.91 Å². The summed E-state index contributed by atoms with van der Waals surface area (Å²) in [6.07, 6.45) is 11.1. The fourth-order valence-electron chi connectivity index (χ4n) is 3.58. The molecule has 0 atom stereocenters. The third-order valence-corrected chi connectivity index (χ3v) is 4.93. The summed E-state index contributed by atoms with van der Waals surface area (Å²) in [5.74, 6) is 2.76. The minimum atomic E-state index is 0.0803. The molecule has 0 unspecified atom stereocenters. The number of hydrogen-bond acceptors (Lipinski definition) is 4. The van der Waals surface area contributed by atoms with Gasteiger partial charge in [0.15, 0.2) is 0 Å². The summed E-state index contributed by atoms with van der Waals surface area (Å²) in [7, 11) is 0. The number of likely N-dealkylation sites (tertiary alicyclic amines) is 1. The van der Waals surface area contributed by atoms with Crippen molar-refractivity contribution in [2.75, 3.05) is 13.1 Å². The van der Waals surface area contributed by atoms with Crippen LogP contribution in [-0.2, 0) is 17.8 Å². The smallest absolute Gasteiger partial charge is 0.246 e. The Kier molecular flexibility index (Phi) is 4.11. The Morgan fingerprint density at radius 3 is 2.71 bits per heavy atom. The lowest BCUT2D eigenvalue weighted by Gasteiger charge is -2.30. The van der Waals surface area contributed by atoms with E-state index in [-0.39, 0.29) is 5.91 Å². The van der Waals surface area contributed by atoms with Crippen LogP contribution < -0.4 is 0 Å². The van der Waals surface area contributed by atoms with Gasteiger partial charge in [-0.15, -0.1) is 10.2 Å². The van der Waals surface area contributed by atoms with E-state index in [1.165, 1.54) is 6.42 Å². The van der Waals surface area contributed by atoms with E-state index in [2.05, 4.69) is 19.7 Å². The largest absolute Gasteiger partial charge is 0.339 e. The van der Waals surface area contributed by atoms with Gasteiger partial charge < -0.3 is 9.47 Å². The molecule has 6 nitrogen and oxygen atoms in total. The molecule has 0 saturated carbocycles. The van der Waals surface area contributed by atoms with Crippen LogP contribution in [0.1, 0.15) is 42.4 Å². The van der Waals surface area contributed by atoms with Gasteiger partial charge in [0.25, 0.3) is 0 Å². The molecule has 0 N–H and O–H groups in total. The molecular weight excluding hydrogens is 302 g/mol. The summed E-state index contributed by atoms with van der Waals surface area (Å²) in [6.45, 7) is 2.62. The average Bonchev–Trinajstić information content (AvgIpc) is 3.24. The summed E-state index contributed by atoms with van der Waals surface area (Å²) < 4.78 is 2.28. The van der Waals surface area contributed by atoms with Crippen molar-refractivity contribution in [2.45, 2.75) is 38.1 Å². The van der Waals surface area contributed by atoms with Gasteiger partial charge in [0, 0.05) is 50.4 Å². The van der Waals surface area contributed by atoms with Crippen LogP contribution in [0.3, 0.4) is 0 Å². The van der Waals surface area contributed by atoms with Crippen molar-refractivity contribution >= 4 is 12.0 Å². The first-order chi connectivity index (χ1) is 11.8. The quantitative estimate of drug-likeness (QED) is 0.811. The second-order valence-corrected chi connectivity index (χ2v) is 6.44. The van der Waals surface area contributed by atoms with Crippen LogP contribution >= 0.6 is 0 Å². The van der Waals surface area contributed by atoms with Crippen molar-refractivity contribution in [2.24, 2.45) is 0 Å². The van der Waals surface area contributed by atoms with Crippen molar-refractivity contribution in [3.8, 4) is 0 Å². The first-order valence-corrected chi connectivity index (χ1v) is 8.60. The number of carbonyl (C=O) groups excluding carboxylic acids is 1. The van der Waals surface area contributed by atoms with Crippen molar-refractivity contribution in [3.05, 3.63) is 47.8 Å². The molecule has 124 valence electrons. The minimum Gasteiger partial charge on any atom is -0.339 e. The molecule has 0 aromatic carbocycles. The number of hydrogen-bond donors (Lipinski definition) is 0. The Labute approximate surface area is 141 Å². The highest BCUT2D eigenvalue weighted by molar-refractivity contribution is 5.91. The summed E-state index contributed by atoms with van der Waals surface area (Å²) >= 11 is 0. The maximum Gasteiger partial charge on any atom is 0.246 e. The van der Waals surface area contributed by atoms with Gasteiger partial charge >= 0.3 is 0 Å². The number of fused-ring (bicyclic) bond motifs is 1. The van der Waals surface area contributed by atoms with Crippen LogP contribution in [0.5, 0.6) is 0 Å². The second-order valence-electron chi connectivity index (χ2n) is 6.44. The predicted octanol–water partition coefficient (Wildman–Crippen LogP) is 2.04. The third-order valence-electron chi connectivity index (χ3n) is 4.93. The average molecular weight is 323 g/mol. The van der Waals surface area contributed by atoms with Crippen LogP contribution in [0.15, 0.2) is 30.6 Å². The van der Waals surface area contributed by atoms with Crippen LogP contribution in [0.2, 0.25) is 0 Å². The van der Waals surface area contributed by atoms with Gasteiger partial charge in [-0.05, 0) is 43.0 Å². The molecule has 1 saturated heterocycles. The Morgan fingerprint density at radius 1 is 1.12 bits per heavy atom. The summed E-state index contributed by atoms with van der Waals surface area (Å²) in [4.78, 5) is 18.2. The topological polar surface area (TPSA) is 63.9 Å². The minimum absolute atomic E-state index is 0.0803. The number of carbonyl (C=O) groups is 1. The molecule has 2 aliphatic heterocycles. The molecule has 24 heavy (non-hydrogen) atoms. The summed E-state index contributed by atoms with van der Waals surface area (Å²) in [5.41, 5.74) is 0.993. The Hall–Kier alpha value is -2.50. The van der Waals surface area contributed by atoms with Gasteiger partial charge in [0.05, 0.1) is 0 Å². The molecule has 1 fully saturated rings. The lowest BCUT2D eigenvalue weighted by Crippen LogP contribution is -2.37. The first-order valence-electron chi connectivity index (χ1n) is 8.60. The number of piperidine rings is 1. The molecular formula is C18H21N5O. The number of amides is 1. The summed E-state index contributed by atoms with van der Waals surface area (Å²) in [5, 5.41) is 8.70. The van der Waals surface area contributed by atoms with E-state index in [0.29, 0.717) is 5.92 Å². The lowest BCUT2D eigenvalue weighted by atomic mass is 9.96. The molecule has 0 aliphatic carbocycles. The molecule has 0 bridgehead atoms. The van der Waals surface area contributed by atoms with E-state index in [0.717, 1.165) is 56.1 Å². The van der Waals surface area contributed by atoms with Gasteiger partial charge in [-0.3, -0.25) is 9.78 Å². The summed E-state index contributed by atoms with van der Waals surface area (Å²) in [6, 6.07) is 3.78. The van der Waals surface area contributed by atoms with E-state index < -0.39 is 0 Å². The van der Waals surface area contributed by atoms with Crippen LogP contribution in [0, 0.1) is 0 Å². The highest BCUT2D eigenvalue weighted by atomic mass is 16.2. The zero-order valence-corrected chi connectivity index (χ0v) is 13.6. The molecule has 0 radical (unpaired) electrons. The number of aromatic nitrogens is 4. The van der Waals surface area contributed by atoms with Gasteiger partial charge in [-0.1, -0.05) is 0 Å². The van der Waals surface area contributed by atoms with Crippen molar-refractivity contribution in [1.29, 1.82) is 0 Å². The first kappa shape index (κ1) is 15.1. The third kappa shape index (κ3) is 2.96. The monoisotopic (exact) mass is 323 g/mol. The molecule has 1 amide bonds. The maximum atomic E-state index is 12.3. The number of nitrogens with zero attached hydrogens (tertiary/aromatic N) is 5. The molecule has 4 rings (SSSR count). The van der Waals surface area contributed by atoms with Gasteiger partial charge in [0.1, 0.15) is 11.6 Å². The Balaban J connectivity index is 1.36. The lowest BCUT2D eigenvalue weighted by molar-refractivity contribution is -0.127. The van der Waals surface area contributed by atoms with Crippen LogP contribution in [-0.4, -0.2) is 43.6 Å². The van der Waals surface area contributed by atoms with Crippen LogP contribution in [0.25, 0.3) is 6.08 Å². The van der Waals surface area contributed by atoms with Crippen molar-refractivity contribution in [1.82, 2.24) is 24.6 Å². The number of aryl methyl sites for hydroxylation is 1. The second kappa shape index (κ2) is 6.55. The molecule has 2 aromatic rings. The fraction of sp³-hybridized carbons (Fsp3) is 0.444. The van der Waals surface area contributed by atoms with E-state index in [4.69, 9.17) is 0 Å². The Bertz CT molecular complexity index is 744. The van der Waals surface area contributed by atoms with Gasteiger partial charge in [-0.2, -0.15) is 0 Å². The normalized spacial score (nSPS) is 18.2. The van der Waals surface area contributed by atoms with Crippen LogP contribution in [0.4, 0.5) is 0 Å². The fourth-order valence-corrected chi connectivity index (χ4v) is 3.58.